The number of carbonyl (C=O) groups is 1. The summed E-state index contributed by atoms with van der Waals surface area (Å²) in [5.74, 6) is -0.366. The first kappa shape index (κ1) is 13.2. The van der Waals surface area contributed by atoms with Crippen molar-refractivity contribution >= 4 is 22.4 Å². The van der Waals surface area contributed by atoms with Crippen molar-refractivity contribution in [2.45, 2.75) is 13.5 Å². The Kier molecular flexibility index (Phi) is 3.61. The molecule has 0 radical (unpaired) electrons. The predicted molar refractivity (Wildman–Crippen MR) is 71.4 cm³/mol. The Hall–Kier alpha value is -2.22. The van der Waals surface area contributed by atoms with Crippen molar-refractivity contribution in [1.29, 1.82) is 0 Å². The molecule has 0 aliphatic heterocycles. The average molecular weight is 280 g/mol. The summed E-state index contributed by atoms with van der Waals surface area (Å²) in [7, 11) is 1.36. The summed E-state index contributed by atoms with van der Waals surface area (Å²) in [6, 6.07) is 1.24. The molecule has 0 saturated heterocycles. The number of hydrogen-bond donors (Lipinski definition) is 1. The van der Waals surface area contributed by atoms with E-state index in [2.05, 4.69) is 10.3 Å². The molecule has 0 atom stereocenters. The number of amides is 1. The van der Waals surface area contributed by atoms with Gasteiger partial charge in [-0.1, -0.05) is 0 Å². The molecule has 2 aromatic rings. The van der Waals surface area contributed by atoms with Crippen LogP contribution >= 0.6 is 11.3 Å². The lowest BCUT2D eigenvalue weighted by Crippen LogP contribution is -2.38. The van der Waals surface area contributed by atoms with Gasteiger partial charge >= 0.3 is 5.69 Å². The highest BCUT2D eigenvalue weighted by Crippen LogP contribution is 2.13. The third-order valence-corrected chi connectivity index (χ3v) is 3.32. The minimum absolute atomic E-state index is 0.161. The molecule has 0 aliphatic rings. The molecule has 1 amide bonds. The zero-order valence-electron chi connectivity index (χ0n) is 10.4. The Balaban J connectivity index is 2.14. The molecular formula is C11H12N4O3S. The Morgan fingerprint density at radius 3 is 2.84 bits per heavy atom. The summed E-state index contributed by atoms with van der Waals surface area (Å²) in [5, 5.41) is 4.89. The van der Waals surface area contributed by atoms with Gasteiger partial charge in [-0.3, -0.25) is 18.7 Å². The smallest absolute Gasteiger partial charge is 0.300 e. The van der Waals surface area contributed by atoms with Crippen LogP contribution in [-0.2, 0) is 18.4 Å². The molecule has 100 valence electrons. The van der Waals surface area contributed by atoms with Crippen molar-refractivity contribution in [2.24, 2.45) is 7.05 Å². The summed E-state index contributed by atoms with van der Waals surface area (Å²) < 4.78 is 2.11. The third kappa shape index (κ3) is 2.97. The van der Waals surface area contributed by atoms with E-state index in [1.807, 2.05) is 12.3 Å². The second-order valence-electron chi connectivity index (χ2n) is 3.97. The van der Waals surface area contributed by atoms with Gasteiger partial charge in [-0.25, -0.2) is 9.78 Å². The summed E-state index contributed by atoms with van der Waals surface area (Å²) in [6.07, 6.45) is 1.30. The van der Waals surface area contributed by atoms with Crippen LogP contribution in [0.3, 0.4) is 0 Å². The second-order valence-corrected chi connectivity index (χ2v) is 4.82. The standard InChI is InChI=1S/C11H12N4O3S/c1-7-6-19-10(12-7)13-8(16)5-15-4-3-9(17)14(2)11(15)18/h3-4,6H,5H2,1-2H3,(H,12,13,16). The molecule has 7 nitrogen and oxygen atoms in total. The molecule has 0 aromatic carbocycles. The average Bonchev–Trinajstić information content (AvgIpc) is 2.75. The minimum Gasteiger partial charge on any atom is -0.300 e. The normalized spacial score (nSPS) is 10.4. The quantitative estimate of drug-likeness (QED) is 0.854. The molecule has 0 fully saturated rings. The van der Waals surface area contributed by atoms with Gasteiger partial charge in [0.2, 0.25) is 5.91 Å². The van der Waals surface area contributed by atoms with Gasteiger partial charge in [-0.05, 0) is 6.92 Å². The predicted octanol–water partition coefficient (Wildman–Crippen LogP) is -0.0494. The van der Waals surface area contributed by atoms with Crippen molar-refractivity contribution in [1.82, 2.24) is 14.1 Å². The number of hydrogen-bond acceptors (Lipinski definition) is 5. The van der Waals surface area contributed by atoms with Crippen LogP contribution < -0.4 is 16.6 Å². The molecule has 0 saturated carbocycles. The van der Waals surface area contributed by atoms with Crippen LogP contribution in [0.1, 0.15) is 5.69 Å². The number of carbonyl (C=O) groups excluding carboxylic acids is 1. The third-order valence-electron chi connectivity index (χ3n) is 2.44. The Morgan fingerprint density at radius 2 is 2.21 bits per heavy atom. The minimum atomic E-state index is -0.530. The Morgan fingerprint density at radius 1 is 1.47 bits per heavy atom. The maximum absolute atomic E-state index is 11.7. The number of aryl methyl sites for hydroxylation is 1. The molecule has 0 unspecified atom stereocenters. The maximum Gasteiger partial charge on any atom is 0.331 e. The monoisotopic (exact) mass is 280 g/mol. The van der Waals surface area contributed by atoms with Crippen LogP contribution in [0.25, 0.3) is 0 Å². The topological polar surface area (TPSA) is 86.0 Å². The lowest BCUT2D eigenvalue weighted by Gasteiger charge is -2.06. The number of aromatic nitrogens is 3. The van der Waals surface area contributed by atoms with Crippen LogP contribution in [0.5, 0.6) is 0 Å². The number of nitrogens with zero attached hydrogens (tertiary/aromatic N) is 3. The van der Waals surface area contributed by atoms with Crippen molar-refractivity contribution in [3.8, 4) is 0 Å². The molecule has 1 N–H and O–H groups in total. The van der Waals surface area contributed by atoms with E-state index in [4.69, 9.17) is 0 Å². The SMILES string of the molecule is Cc1csc(NC(=O)Cn2ccc(=O)n(C)c2=O)n1. The maximum atomic E-state index is 11.7. The largest absolute Gasteiger partial charge is 0.331 e. The molecule has 2 aromatic heterocycles. The van der Waals surface area contributed by atoms with Crippen molar-refractivity contribution in [3.05, 3.63) is 44.2 Å². The van der Waals surface area contributed by atoms with E-state index in [9.17, 15) is 14.4 Å². The number of nitrogens with one attached hydrogen (secondary N) is 1. The van der Waals surface area contributed by atoms with Gasteiger partial charge in [0, 0.05) is 24.7 Å². The van der Waals surface area contributed by atoms with E-state index in [1.54, 1.807) is 0 Å². The fraction of sp³-hybridized carbons (Fsp3) is 0.273. The molecule has 0 bridgehead atoms. The second kappa shape index (κ2) is 5.19. The molecule has 0 spiro atoms. The van der Waals surface area contributed by atoms with Crippen molar-refractivity contribution in [2.75, 3.05) is 5.32 Å². The van der Waals surface area contributed by atoms with Crippen LogP contribution in [0.15, 0.2) is 27.2 Å². The first-order chi connectivity index (χ1) is 8.97. The fourth-order valence-corrected chi connectivity index (χ4v) is 2.17. The lowest BCUT2D eigenvalue weighted by atomic mass is 10.5. The highest BCUT2D eigenvalue weighted by molar-refractivity contribution is 7.13. The molecule has 2 heterocycles. The van der Waals surface area contributed by atoms with Crippen LogP contribution in [-0.4, -0.2) is 20.0 Å². The molecule has 2 rings (SSSR count). The highest BCUT2D eigenvalue weighted by atomic mass is 32.1. The van der Waals surface area contributed by atoms with Crippen LogP contribution in [0.2, 0.25) is 0 Å². The van der Waals surface area contributed by atoms with E-state index in [-0.39, 0.29) is 12.5 Å². The van der Waals surface area contributed by atoms with Gasteiger partial charge in [0.05, 0.1) is 5.69 Å². The lowest BCUT2D eigenvalue weighted by molar-refractivity contribution is -0.116. The molecule has 0 aliphatic carbocycles. The number of rotatable bonds is 3. The van der Waals surface area contributed by atoms with Gasteiger partial charge in [0.15, 0.2) is 5.13 Å². The van der Waals surface area contributed by atoms with Crippen LogP contribution in [0.4, 0.5) is 5.13 Å². The van der Waals surface area contributed by atoms with E-state index >= 15 is 0 Å². The molecular weight excluding hydrogens is 268 g/mol. The van der Waals surface area contributed by atoms with E-state index in [0.29, 0.717) is 5.13 Å². The van der Waals surface area contributed by atoms with Crippen LogP contribution in [0, 0.1) is 6.92 Å². The van der Waals surface area contributed by atoms with E-state index in [1.165, 1.54) is 30.6 Å². The first-order valence-electron chi connectivity index (χ1n) is 5.46. The summed E-state index contributed by atoms with van der Waals surface area (Å²) in [4.78, 5) is 38.8. The Bertz CT molecular complexity index is 728. The fourth-order valence-electron chi connectivity index (χ4n) is 1.46. The number of anilines is 1. The van der Waals surface area contributed by atoms with Crippen molar-refractivity contribution in [3.63, 3.8) is 0 Å². The zero-order chi connectivity index (χ0) is 14.0. The van der Waals surface area contributed by atoms with Crippen molar-refractivity contribution < 1.29 is 4.79 Å². The van der Waals surface area contributed by atoms with Gasteiger partial charge in [0.25, 0.3) is 5.56 Å². The summed E-state index contributed by atoms with van der Waals surface area (Å²) >= 11 is 1.31. The molecule has 19 heavy (non-hydrogen) atoms. The zero-order valence-corrected chi connectivity index (χ0v) is 11.2. The molecule has 8 heteroatoms. The van der Waals surface area contributed by atoms with Gasteiger partial charge in [-0.15, -0.1) is 11.3 Å². The highest BCUT2D eigenvalue weighted by Gasteiger charge is 2.08. The first-order valence-corrected chi connectivity index (χ1v) is 6.34. The van der Waals surface area contributed by atoms with E-state index in [0.717, 1.165) is 14.8 Å². The van der Waals surface area contributed by atoms with Gasteiger partial charge in [0.1, 0.15) is 6.54 Å². The summed E-state index contributed by atoms with van der Waals surface area (Å²) in [5.41, 5.74) is -0.116. The number of thiazole rings is 1. The van der Waals surface area contributed by atoms with E-state index < -0.39 is 11.2 Å². The van der Waals surface area contributed by atoms with Gasteiger partial charge in [-0.2, -0.15) is 0 Å². The van der Waals surface area contributed by atoms with Gasteiger partial charge < -0.3 is 5.32 Å². The summed E-state index contributed by atoms with van der Waals surface area (Å²) in [6.45, 7) is 1.66. The Labute approximate surface area is 112 Å².